The highest BCUT2D eigenvalue weighted by molar-refractivity contribution is 9.10. The largest absolute Gasteiger partial charge is 0.416 e. The third kappa shape index (κ3) is 4.71. The molecule has 4 nitrogen and oxygen atoms in total. The van der Waals surface area contributed by atoms with Crippen molar-refractivity contribution in [1.29, 1.82) is 0 Å². The number of hydrogen-bond acceptors (Lipinski definition) is 3. The molecular weight excluding hydrogens is 428 g/mol. The maximum absolute atomic E-state index is 14.2. The summed E-state index contributed by atoms with van der Waals surface area (Å²) < 4.78 is 77.4. The van der Waals surface area contributed by atoms with Gasteiger partial charge in [-0.3, -0.25) is 0 Å². The number of sulfonamides is 1. The summed E-state index contributed by atoms with van der Waals surface area (Å²) in [5.41, 5.74) is -0.258. The van der Waals surface area contributed by atoms with Crippen LogP contribution in [-0.2, 0) is 22.7 Å². The standard InChI is InChI=1S/C15H13BrF4N2O2S/c1-21-25(23,24)11-6-12(16)14(13(17)7-11)22-8-9-2-4-10(5-3-9)15(18,19)20/h2-7,21-22H,8H2,1H3. The average Bonchev–Trinajstić information content (AvgIpc) is 2.53. The van der Waals surface area contributed by atoms with E-state index < -0.39 is 27.6 Å². The van der Waals surface area contributed by atoms with Crippen LogP contribution in [0.2, 0.25) is 0 Å². The molecule has 136 valence electrons. The first-order valence-electron chi connectivity index (χ1n) is 6.87. The van der Waals surface area contributed by atoms with E-state index in [0.717, 1.165) is 18.2 Å². The molecule has 0 saturated carbocycles. The number of hydrogen-bond donors (Lipinski definition) is 2. The summed E-state index contributed by atoms with van der Waals surface area (Å²) in [6.07, 6.45) is -4.42. The van der Waals surface area contributed by atoms with Crippen LogP contribution in [0, 0.1) is 5.82 Å². The highest BCUT2D eigenvalue weighted by Crippen LogP contribution is 2.31. The van der Waals surface area contributed by atoms with Gasteiger partial charge in [-0.25, -0.2) is 17.5 Å². The normalized spacial score (nSPS) is 12.2. The third-order valence-corrected chi connectivity index (χ3v) is 5.36. The van der Waals surface area contributed by atoms with Crippen molar-refractivity contribution in [3.63, 3.8) is 0 Å². The quantitative estimate of drug-likeness (QED) is 0.687. The molecule has 0 bridgehead atoms. The van der Waals surface area contributed by atoms with Crippen LogP contribution in [0.25, 0.3) is 0 Å². The molecule has 2 aromatic carbocycles. The number of anilines is 1. The summed E-state index contributed by atoms with van der Waals surface area (Å²) in [7, 11) is -2.59. The molecule has 0 aliphatic heterocycles. The average molecular weight is 441 g/mol. The molecule has 0 fully saturated rings. The molecule has 0 amide bonds. The van der Waals surface area contributed by atoms with Crippen LogP contribution in [0.4, 0.5) is 23.2 Å². The van der Waals surface area contributed by atoms with Gasteiger partial charge in [0.05, 0.1) is 16.1 Å². The van der Waals surface area contributed by atoms with Gasteiger partial charge in [0.1, 0.15) is 5.82 Å². The maximum atomic E-state index is 14.2. The monoisotopic (exact) mass is 440 g/mol. The summed E-state index contributed by atoms with van der Waals surface area (Å²) in [6, 6.07) is 6.51. The van der Waals surface area contributed by atoms with E-state index in [4.69, 9.17) is 0 Å². The van der Waals surface area contributed by atoms with Gasteiger partial charge < -0.3 is 5.32 Å². The molecule has 0 unspecified atom stereocenters. The zero-order chi connectivity index (χ0) is 18.8. The first kappa shape index (κ1) is 19.7. The van der Waals surface area contributed by atoms with Gasteiger partial charge in [0.25, 0.3) is 0 Å². The van der Waals surface area contributed by atoms with Gasteiger partial charge in [-0.05, 0) is 52.8 Å². The fourth-order valence-electron chi connectivity index (χ4n) is 1.99. The Morgan fingerprint density at radius 1 is 1.12 bits per heavy atom. The molecule has 10 heteroatoms. The lowest BCUT2D eigenvalue weighted by Gasteiger charge is -2.13. The second kappa shape index (κ2) is 7.30. The number of nitrogens with one attached hydrogen (secondary N) is 2. The van der Waals surface area contributed by atoms with Gasteiger partial charge in [-0.15, -0.1) is 0 Å². The molecule has 2 aromatic rings. The molecular formula is C15H13BrF4N2O2S. The summed E-state index contributed by atoms with van der Waals surface area (Å²) >= 11 is 3.09. The maximum Gasteiger partial charge on any atom is 0.416 e. The summed E-state index contributed by atoms with van der Waals surface area (Å²) in [5.74, 6) is -0.810. The number of benzene rings is 2. The van der Waals surface area contributed by atoms with E-state index in [2.05, 4.69) is 26.0 Å². The lowest BCUT2D eigenvalue weighted by molar-refractivity contribution is -0.137. The van der Waals surface area contributed by atoms with Crippen LogP contribution >= 0.6 is 15.9 Å². The van der Waals surface area contributed by atoms with Crippen LogP contribution in [0.1, 0.15) is 11.1 Å². The van der Waals surface area contributed by atoms with E-state index in [1.807, 2.05) is 0 Å². The van der Waals surface area contributed by atoms with E-state index in [1.54, 1.807) is 0 Å². The van der Waals surface area contributed by atoms with Crippen LogP contribution in [0.15, 0.2) is 45.8 Å². The highest BCUT2D eigenvalue weighted by Gasteiger charge is 2.29. The molecule has 0 aliphatic rings. The molecule has 0 radical (unpaired) electrons. The lowest BCUT2D eigenvalue weighted by Crippen LogP contribution is -2.19. The smallest absolute Gasteiger partial charge is 0.378 e. The van der Waals surface area contributed by atoms with Gasteiger partial charge >= 0.3 is 6.18 Å². The zero-order valence-corrected chi connectivity index (χ0v) is 15.2. The minimum Gasteiger partial charge on any atom is -0.378 e. The first-order chi connectivity index (χ1) is 11.5. The van der Waals surface area contributed by atoms with Crippen LogP contribution in [-0.4, -0.2) is 15.5 Å². The van der Waals surface area contributed by atoms with Crippen molar-refractivity contribution < 1.29 is 26.0 Å². The molecule has 0 saturated heterocycles. The van der Waals surface area contributed by atoms with E-state index >= 15 is 0 Å². The molecule has 0 heterocycles. The Bertz CT molecular complexity index is 845. The first-order valence-corrected chi connectivity index (χ1v) is 9.15. The van der Waals surface area contributed by atoms with Crippen molar-refractivity contribution in [2.45, 2.75) is 17.6 Å². The van der Waals surface area contributed by atoms with E-state index in [1.165, 1.54) is 25.2 Å². The Kier molecular flexibility index (Phi) is 5.75. The topological polar surface area (TPSA) is 58.2 Å². The highest BCUT2D eigenvalue weighted by atomic mass is 79.9. The summed E-state index contributed by atoms with van der Waals surface area (Å²) in [5, 5.41) is 2.73. The number of rotatable bonds is 5. The minimum absolute atomic E-state index is 0.00921. The Hall–Kier alpha value is -1.65. The molecule has 2 N–H and O–H groups in total. The molecule has 0 aliphatic carbocycles. The Labute approximate surface area is 150 Å². The van der Waals surface area contributed by atoms with Crippen LogP contribution in [0.3, 0.4) is 0 Å². The van der Waals surface area contributed by atoms with E-state index in [0.29, 0.717) is 5.56 Å². The van der Waals surface area contributed by atoms with Crippen molar-refractivity contribution in [3.8, 4) is 0 Å². The van der Waals surface area contributed by atoms with Gasteiger partial charge in [0.2, 0.25) is 10.0 Å². The van der Waals surface area contributed by atoms with Crippen LogP contribution < -0.4 is 10.0 Å². The number of alkyl halides is 3. The van der Waals surface area contributed by atoms with Crippen molar-refractivity contribution in [1.82, 2.24) is 4.72 Å². The Morgan fingerprint density at radius 3 is 2.20 bits per heavy atom. The van der Waals surface area contributed by atoms with Gasteiger partial charge in [-0.1, -0.05) is 12.1 Å². The Morgan fingerprint density at radius 2 is 1.72 bits per heavy atom. The molecule has 0 spiro atoms. The summed E-state index contributed by atoms with van der Waals surface area (Å²) in [4.78, 5) is -0.251. The predicted octanol–water partition coefficient (Wildman–Crippen LogP) is 4.13. The molecule has 0 atom stereocenters. The SMILES string of the molecule is CNS(=O)(=O)c1cc(F)c(NCc2ccc(C(F)(F)F)cc2)c(Br)c1. The number of halogens is 5. The van der Waals surface area contributed by atoms with E-state index in [-0.39, 0.29) is 21.6 Å². The third-order valence-electron chi connectivity index (χ3n) is 3.35. The fourth-order valence-corrected chi connectivity index (χ4v) is 3.49. The fraction of sp³-hybridized carbons (Fsp3) is 0.200. The molecule has 2 rings (SSSR count). The second-order valence-corrected chi connectivity index (χ2v) is 7.76. The summed E-state index contributed by atoms with van der Waals surface area (Å²) in [6.45, 7) is 0.0613. The van der Waals surface area contributed by atoms with E-state index in [9.17, 15) is 26.0 Å². The predicted molar refractivity (Wildman–Crippen MR) is 89.1 cm³/mol. The minimum atomic E-state index is -4.42. The van der Waals surface area contributed by atoms with Crippen molar-refractivity contribution in [3.05, 3.63) is 57.8 Å². The zero-order valence-electron chi connectivity index (χ0n) is 12.8. The Balaban J connectivity index is 2.19. The van der Waals surface area contributed by atoms with Crippen LogP contribution in [0.5, 0.6) is 0 Å². The van der Waals surface area contributed by atoms with Crippen molar-refractivity contribution >= 4 is 31.6 Å². The lowest BCUT2D eigenvalue weighted by atomic mass is 10.1. The van der Waals surface area contributed by atoms with Gasteiger partial charge in [0, 0.05) is 11.0 Å². The molecule has 0 aromatic heterocycles. The van der Waals surface area contributed by atoms with Crippen molar-refractivity contribution in [2.24, 2.45) is 0 Å². The van der Waals surface area contributed by atoms with Gasteiger partial charge in [-0.2, -0.15) is 13.2 Å². The second-order valence-electron chi connectivity index (χ2n) is 5.02. The van der Waals surface area contributed by atoms with Gasteiger partial charge in [0.15, 0.2) is 0 Å². The molecule has 25 heavy (non-hydrogen) atoms. The van der Waals surface area contributed by atoms with Crippen molar-refractivity contribution in [2.75, 3.05) is 12.4 Å².